The zero-order valence-corrected chi connectivity index (χ0v) is 9.53. The third-order valence-corrected chi connectivity index (χ3v) is 2.43. The molecule has 0 aliphatic carbocycles. The summed E-state index contributed by atoms with van der Waals surface area (Å²) in [6.45, 7) is 2.33. The first-order chi connectivity index (χ1) is 7.56. The molecule has 2 N–H and O–H groups in total. The molecule has 1 rings (SSSR count). The lowest BCUT2D eigenvalue weighted by atomic mass is 10.1. The number of carbonyl (C=O) groups excluding carboxylic acids is 1. The Kier molecular flexibility index (Phi) is 3.90. The SMILES string of the molecule is Cc1ccc(C(=O)N(C)CCC#N)cc1N. The highest BCUT2D eigenvalue weighted by atomic mass is 16.2. The zero-order valence-electron chi connectivity index (χ0n) is 9.53. The van der Waals surface area contributed by atoms with E-state index in [-0.39, 0.29) is 5.91 Å². The Morgan fingerprint density at radius 3 is 2.81 bits per heavy atom. The molecule has 0 aliphatic rings. The van der Waals surface area contributed by atoms with Gasteiger partial charge in [0.15, 0.2) is 0 Å². The van der Waals surface area contributed by atoms with E-state index in [9.17, 15) is 4.79 Å². The Labute approximate surface area is 95.3 Å². The van der Waals surface area contributed by atoms with Gasteiger partial charge in [0.05, 0.1) is 12.5 Å². The number of nitrogen functional groups attached to an aromatic ring is 1. The molecule has 0 unspecified atom stereocenters. The summed E-state index contributed by atoms with van der Waals surface area (Å²) in [5.74, 6) is -0.109. The molecule has 1 amide bonds. The van der Waals surface area contributed by atoms with Crippen molar-refractivity contribution in [2.45, 2.75) is 13.3 Å². The normalized spacial score (nSPS) is 9.56. The largest absolute Gasteiger partial charge is 0.398 e. The second kappa shape index (κ2) is 5.17. The Hall–Kier alpha value is -2.02. The Balaban J connectivity index is 2.80. The fourth-order valence-electron chi connectivity index (χ4n) is 1.31. The van der Waals surface area contributed by atoms with E-state index in [1.807, 2.05) is 19.1 Å². The molecular formula is C12H15N3O. The number of aryl methyl sites for hydroxylation is 1. The summed E-state index contributed by atoms with van der Waals surface area (Å²) < 4.78 is 0. The minimum Gasteiger partial charge on any atom is -0.398 e. The molecule has 0 heterocycles. The lowest BCUT2D eigenvalue weighted by Gasteiger charge is -2.15. The minimum absolute atomic E-state index is 0.109. The Morgan fingerprint density at radius 1 is 1.56 bits per heavy atom. The van der Waals surface area contributed by atoms with Crippen molar-refractivity contribution in [3.8, 4) is 6.07 Å². The van der Waals surface area contributed by atoms with Gasteiger partial charge in [-0.1, -0.05) is 6.07 Å². The molecule has 0 radical (unpaired) electrons. The molecule has 4 nitrogen and oxygen atoms in total. The van der Waals surface area contributed by atoms with E-state index in [0.717, 1.165) is 5.56 Å². The zero-order chi connectivity index (χ0) is 12.1. The number of benzene rings is 1. The van der Waals surface area contributed by atoms with Crippen LogP contribution < -0.4 is 5.73 Å². The van der Waals surface area contributed by atoms with E-state index in [4.69, 9.17) is 11.0 Å². The van der Waals surface area contributed by atoms with Gasteiger partial charge in [-0.25, -0.2) is 0 Å². The van der Waals surface area contributed by atoms with Gasteiger partial charge in [-0.15, -0.1) is 0 Å². The minimum atomic E-state index is -0.109. The standard InChI is InChI=1S/C12H15N3O/c1-9-4-5-10(8-11(9)14)12(16)15(2)7-3-6-13/h4-5,8H,3,7,14H2,1-2H3. The first-order valence-electron chi connectivity index (χ1n) is 5.05. The number of hydrogen-bond acceptors (Lipinski definition) is 3. The first-order valence-corrected chi connectivity index (χ1v) is 5.05. The van der Waals surface area contributed by atoms with Crippen LogP contribution in [-0.4, -0.2) is 24.4 Å². The van der Waals surface area contributed by atoms with Crippen molar-refractivity contribution >= 4 is 11.6 Å². The quantitative estimate of drug-likeness (QED) is 0.781. The van der Waals surface area contributed by atoms with Crippen molar-refractivity contribution in [1.29, 1.82) is 5.26 Å². The molecule has 0 fully saturated rings. The highest BCUT2D eigenvalue weighted by molar-refractivity contribution is 5.95. The highest BCUT2D eigenvalue weighted by Gasteiger charge is 2.11. The topological polar surface area (TPSA) is 70.1 Å². The molecular weight excluding hydrogens is 202 g/mol. The van der Waals surface area contributed by atoms with Crippen LogP contribution in [0.4, 0.5) is 5.69 Å². The molecule has 0 atom stereocenters. The average molecular weight is 217 g/mol. The molecule has 0 spiro atoms. The van der Waals surface area contributed by atoms with Gasteiger partial charge >= 0.3 is 0 Å². The maximum Gasteiger partial charge on any atom is 0.253 e. The van der Waals surface area contributed by atoms with Crippen LogP contribution in [-0.2, 0) is 0 Å². The average Bonchev–Trinajstić information content (AvgIpc) is 2.28. The molecule has 1 aromatic rings. The van der Waals surface area contributed by atoms with Crippen LogP contribution in [0.2, 0.25) is 0 Å². The van der Waals surface area contributed by atoms with Gasteiger partial charge < -0.3 is 10.6 Å². The van der Waals surface area contributed by atoms with Crippen LogP contribution >= 0.6 is 0 Å². The smallest absolute Gasteiger partial charge is 0.253 e. The lowest BCUT2D eigenvalue weighted by Crippen LogP contribution is -2.27. The summed E-state index contributed by atoms with van der Waals surface area (Å²) in [6.07, 6.45) is 0.337. The fraction of sp³-hybridized carbons (Fsp3) is 0.333. The van der Waals surface area contributed by atoms with Gasteiger partial charge in [0.1, 0.15) is 0 Å². The molecule has 0 aromatic heterocycles. The van der Waals surface area contributed by atoms with E-state index in [1.165, 1.54) is 4.90 Å². The van der Waals surface area contributed by atoms with Crippen molar-refractivity contribution in [1.82, 2.24) is 4.90 Å². The summed E-state index contributed by atoms with van der Waals surface area (Å²) in [7, 11) is 1.68. The number of hydrogen-bond donors (Lipinski definition) is 1. The van der Waals surface area contributed by atoms with Gasteiger partial charge in [-0.05, 0) is 24.6 Å². The van der Waals surface area contributed by atoms with E-state index >= 15 is 0 Å². The first kappa shape index (κ1) is 12.1. The third-order valence-electron chi connectivity index (χ3n) is 2.43. The van der Waals surface area contributed by atoms with E-state index in [1.54, 1.807) is 19.2 Å². The number of nitriles is 1. The number of carbonyl (C=O) groups is 1. The number of anilines is 1. The summed E-state index contributed by atoms with van der Waals surface area (Å²) in [5, 5.41) is 8.44. The predicted molar refractivity (Wildman–Crippen MR) is 62.8 cm³/mol. The molecule has 16 heavy (non-hydrogen) atoms. The molecule has 0 saturated carbocycles. The van der Waals surface area contributed by atoms with Crippen LogP contribution in [0.25, 0.3) is 0 Å². The van der Waals surface area contributed by atoms with E-state index in [2.05, 4.69) is 0 Å². The number of rotatable bonds is 3. The summed E-state index contributed by atoms with van der Waals surface area (Å²) in [4.78, 5) is 13.4. The number of amides is 1. The molecule has 1 aromatic carbocycles. The second-order valence-electron chi connectivity index (χ2n) is 3.71. The summed E-state index contributed by atoms with van der Waals surface area (Å²) in [5.41, 5.74) is 7.86. The van der Waals surface area contributed by atoms with Crippen molar-refractivity contribution < 1.29 is 4.79 Å². The lowest BCUT2D eigenvalue weighted by molar-refractivity contribution is 0.0798. The number of nitrogens with zero attached hydrogens (tertiary/aromatic N) is 2. The van der Waals surface area contributed by atoms with Gasteiger partial charge in [0.2, 0.25) is 0 Å². The van der Waals surface area contributed by atoms with E-state index in [0.29, 0.717) is 24.2 Å². The van der Waals surface area contributed by atoms with Crippen LogP contribution in [0.1, 0.15) is 22.3 Å². The number of nitrogens with two attached hydrogens (primary N) is 1. The van der Waals surface area contributed by atoms with Gasteiger partial charge in [-0.2, -0.15) is 5.26 Å². The Morgan fingerprint density at radius 2 is 2.25 bits per heavy atom. The monoisotopic (exact) mass is 217 g/mol. The maximum atomic E-state index is 11.9. The van der Waals surface area contributed by atoms with Crippen LogP contribution in [0.3, 0.4) is 0 Å². The van der Waals surface area contributed by atoms with Crippen LogP contribution in [0.15, 0.2) is 18.2 Å². The maximum absolute atomic E-state index is 11.9. The van der Waals surface area contributed by atoms with Crippen molar-refractivity contribution in [3.63, 3.8) is 0 Å². The molecule has 84 valence electrons. The van der Waals surface area contributed by atoms with Crippen LogP contribution in [0, 0.1) is 18.3 Å². The highest BCUT2D eigenvalue weighted by Crippen LogP contribution is 2.14. The Bertz CT molecular complexity index is 434. The van der Waals surface area contributed by atoms with Crippen molar-refractivity contribution in [2.75, 3.05) is 19.3 Å². The second-order valence-corrected chi connectivity index (χ2v) is 3.71. The van der Waals surface area contributed by atoms with Gasteiger partial charge in [0.25, 0.3) is 5.91 Å². The molecule has 4 heteroatoms. The molecule has 0 bridgehead atoms. The third kappa shape index (κ3) is 2.74. The van der Waals surface area contributed by atoms with Gasteiger partial charge in [0, 0.05) is 24.8 Å². The predicted octanol–water partition coefficient (Wildman–Crippen LogP) is 1.56. The van der Waals surface area contributed by atoms with Crippen molar-refractivity contribution in [2.24, 2.45) is 0 Å². The summed E-state index contributed by atoms with van der Waals surface area (Å²) >= 11 is 0. The fourth-order valence-corrected chi connectivity index (χ4v) is 1.31. The van der Waals surface area contributed by atoms with Gasteiger partial charge in [-0.3, -0.25) is 4.79 Å². The molecule has 0 saturated heterocycles. The van der Waals surface area contributed by atoms with Crippen molar-refractivity contribution in [3.05, 3.63) is 29.3 Å². The van der Waals surface area contributed by atoms with E-state index < -0.39 is 0 Å². The molecule has 0 aliphatic heterocycles. The van der Waals surface area contributed by atoms with Crippen LogP contribution in [0.5, 0.6) is 0 Å². The summed E-state index contributed by atoms with van der Waals surface area (Å²) in [6, 6.07) is 7.24.